The first kappa shape index (κ1) is 12.1. The number of rotatable bonds is 4. The Kier molecular flexibility index (Phi) is 3.45. The van der Waals surface area contributed by atoms with Gasteiger partial charge in [-0.3, -0.25) is 4.79 Å². The fourth-order valence-corrected chi connectivity index (χ4v) is 2.16. The molecular formula is C13H19N3O. The Labute approximate surface area is 102 Å². The van der Waals surface area contributed by atoms with Gasteiger partial charge in [0.15, 0.2) is 0 Å². The van der Waals surface area contributed by atoms with Crippen molar-refractivity contribution in [3.63, 3.8) is 0 Å². The maximum Gasteiger partial charge on any atom is 0.228 e. The van der Waals surface area contributed by atoms with E-state index in [-0.39, 0.29) is 5.91 Å². The predicted octanol–water partition coefficient (Wildman–Crippen LogP) is 0.613. The van der Waals surface area contributed by atoms with Crippen LogP contribution in [0.1, 0.15) is 11.1 Å². The number of likely N-dealkylation sites (N-methyl/N-ethyl adjacent to an activating group) is 1. The summed E-state index contributed by atoms with van der Waals surface area (Å²) in [5.74, 6) is 0.0835. The molecule has 0 radical (unpaired) electrons. The fourth-order valence-electron chi connectivity index (χ4n) is 2.16. The molecule has 1 aliphatic rings. The summed E-state index contributed by atoms with van der Waals surface area (Å²) in [7, 11) is 4.08. The minimum absolute atomic E-state index is 0.0835. The molecule has 4 heteroatoms. The van der Waals surface area contributed by atoms with Crippen LogP contribution < -0.4 is 11.1 Å². The van der Waals surface area contributed by atoms with Crippen molar-refractivity contribution in [2.75, 3.05) is 26.0 Å². The van der Waals surface area contributed by atoms with Gasteiger partial charge in [0.25, 0.3) is 0 Å². The van der Waals surface area contributed by atoms with E-state index in [1.807, 2.05) is 20.2 Å². The molecule has 0 aromatic heterocycles. The Morgan fingerprint density at radius 1 is 1.47 bits per heavy atom. The SMILES string of the molecule is CN(C)[C@H](CN)Cc1ccc2c(c1)CC(=O)N2. The van der Waals surface area contributed by atoms with Gasteiger partial charge in [0.2, 0.25) is 5.91 Å². The number of carbonyl (C=O) groups is 1. The second kappa shape index (κ2) is 4.85. The van der Waals surface area contributed by atoms with Gasteiger partial charge in [-0.1, -0.05) is 12.1 Å². The summed E-state index contributed by atoms with van der Waals surface area (Å²) in [5, 5.41) is 2.84. The molecule has 1 heterocycles. The first-order chi connectivity index (χ1) is 8.10. The molecule has 0 unspecified atom stereocenters. The molecule has 17 heavy (non-hydrogen) atoms. The van der Waals surface area contributed by atoms with E-state index in [0.717, 1.165) is 17.7 Å². The minimum atomic E-state index is 0.0835. The standard InChI is InChI=1S/C13H19N3O/c1-16(2)11(8-14)6-9-3-4-12-10(5-9)7-13(17)15-12/h3-5,11H,6-8,14H2,1-2H3,(H,15,17)/t11-/m0/s1. The van der Waals surface area contributed by atoms with Crippen molar-refractivity contribution >= 4 is 11.6 Å². The molecule has 0 spiro atoms. The predicted molar refractivity (Wildman–Crippen MR) is 69.0 cm³/mol. The molecule has 0 fully saturated rings. The molecule has 0 aliphatic carbocycles. The number of nitrogens with zero attached hydrogens (tertiary/aromatic N) is 1. The van der Waals surface area contributed by atoms with E-state index in [2.05, 4.69) is 22.3 Å². The number of nitrogens with one attached hydrogen (secondary N) is 1. The number of carbonyl (C=O) groups excluding carboxylic acids is 1. The highest BCUT2D eigenvalue weighted by Gasteiger charge is 2.18. The fraction of sp³-hybridized carbons (Fsp3) is 0.462. The van der Waals surface area contributed by atoms with Gasteiger partial charge in [0.05, 0.1) is 6.42 Å². The first-order valence-corrected chi connectivity index (χ1v) is 5.88. The second-order valence-electron chi connectivity index (χ2n) is 4.77. The Hall–Kier alpha value is -1.39. The van der Waals surface area contributed by atoms with Gasteiger partial charge in [0, 0.05) is 18.3 Å². The van der Waals surface area contributed by atoms with Crippen LogP contribution in [0.4, 0.5) is 5.69 Å². The third-order valence-electron chi connectivity index (χ3n) is 3.27. The quantitative estimate of drug-likeness (QED) is 0.801. The van der Waals surface area contributed by atoms with E-state index in [1.54, 1.807) is 0 Å². The third kappa shape index (κ3) is 2.65. The van der Waals surface area contributed by atoms with E-state index in [0.29, 0.717) is 19.0 Å². The van der Waals surface area contributed by atoms with Gasteiger partial charge < -0.3 is 16.0 Å². The molecule has 0 bridgehead atoms. The van der Waals surface area contributed by atoms with Crippen molar-refractivity contribution in [2.45, 2.75) is 18.9 Å². The van der Waals surface area contributed by atoms with Crippen LogP contribution in [-0.4, -0.2) is 37.5 Å². The van der Waals surface area contributed by atoms with Gasteiger partial charge in [0.1, 0.15) is 0 Å². The Morgan fingerprint density at radius 2 is 2.24 bits per heavy atom. The van der Waals surface area contributed by atoms with Crippen molar-refractivity contribution in [1.29, 1.82) is 0 Å². The second-order valence-corrected chi connectivity index (χ2v) is 4.77. The normalized spacial score (nSPS) is 15.9. The van der Waals surface area contributed by atoms with Crippen molar-refractivity contribution in [1.82, 2.24) is 4.90 Å². The van der Waals surface area contributed by atoms with E-state index >= 15 is 0 Å². The highest BCUT2D eigenvalue weighted by atomic mass is 16.1. The average molecular weight is 233 g/mol. The van der Waals surface area contributed by atoms with Crippen molar-refractivity contribution in [3.05, 3.63) is 29.3 Å². The van der Waals surface area contributed by atoms with Crippen LogP contribution in [0.5, 0.6) is 0 Å². The molecule has 1 aliphatic heterocycles. The van der Waals surface area contributed by atoms with Crippen molar-refractivity contribution in [3.8, 4) is 0 Å². The summed E-state index contributed by atoms with van der Waals surface area (Å²) in [4.78, 5) is 13.4. The minimum Gasteiger partial charge on any atom is -0.329 e. The molecule has 0 saturated heterocycles. The van der Waals surface area contributed by atoms with Crippen LogP contribution in [-0.2, 0) is 17.6 Å². The number of hydrogen-bond acceptors (Lipinski definition) is 3. The van der Waals surface area contributed by atoms with Crippen LogP contribution in [0.15, 0.2) is 18.2 Å². The summed E-state index contributed by atoms with van der Waals surface area (Å²) in [5.41, 5.74) is 9.04. The molecule has 4 nitrogen and oxygen atoms in total. The lowest BCUT2D eigenvalue weighted by atomic mass is 10.0. The summed E-state index contributed by atoms with van der Waals surface area (Å²) in [6, 6.07) is 6.51. The first-order valence-electron chi connectivity index (χ1n) is 5.88. The number of nitrogens with two attached hydrogens (primary N) is 1. The molecule has 1 aromatic carbocycles. The highest BCUT2D eigenvalue weighted by Crippen LogP contribution is 2.24. The van der Waals surface area contributed by atoms with Crippen LogP contribution in [0.25, 0.3) is 0 Å². The lowest BCUT2D eigenvalue weighted by Crippen LogP contribution is -2.36. The monoisotopic (exact) mass is 233 g/mol. The molecule has 1 amide bonds. The zero-order valence-electron chi connectivity index (χ0n) is 10.4. The summed E-state index contributed by atoms with van der Waals surface area (Å²) in [6.07, 6.45) is 1.42. The Morgan fingerprint density at radius 3 is 2.88 bits per heavy atom. The van der Waals surface area contributed by atoms with Gasteiger partial charge in [-0.15, -0.1) is 0 Å². The summed E-state index contributed by atoms with van der Waals surface area (Å²) in [6.45, 7) is 0.640. The molecule has 1 atom stereocenters. The lowest BCUT2D eigenvalue weighted by Gasteiger charge is -2.22. The topological polar surface area (TPSA) is 58.4 Å². The van der Waals surface area contributed by atoms with Gasteiger partial charge in [-0.05, 0) is 37.7 Å². The number of hydrogen-bond donors (Lipinski definition) is 2. The van der Waals surface area contributed by atoms with Gasteiger partial charge in [-0.2, -0.15) is 0 Å². The number of anilines is 1. The molecule has 2 rings (SSSR count). The van der Waals surface area contributed by atoms with Crippen molar-refractivity contribution < 1.29 is 4.79 Å². The molecular weight excluding hydrogens is 214 g/mol. The van der Waals surface area contributed by atoms with Crippen LogP contribution in [0.3, 0.4) is 0 Å². The zero-order chi connectivity index (χ0) is 12.4. The van der Waals surface area contributed by atoms with E-state index in [4.69, 9.17) is 5.73 Å². The van der Waals surface area contributed by atoms with E-state index in [1.165, 1.54) is 5.56 Å². The maximum absolute atomic E-state index is 11.3. The summed E-state index contributed by atoms with van der Waals surface area (Å²) >= 11 is 0. The zero-order valence-corrected chi connectivity index (χ0v) is 10.4. The number of fused-ring (bicyclic) bond motifs is 1. The van der Waals surface area contributed by atoms with E-state index < -0.39 is 0 Å². The Balaban J connectivity index is 2.13. The largest absolute Gasteiger partial charge is 0.329 e. The molecule has 92 valence electrons. The average Bonchev–Trinajstić information content (AvgIpc) is 2.64. The molecule has 3 N–H and O–H groups in total. The van der Waals surface area contributed by atoms with E-state index in [9.17, 15) is 4.79 Å². The van der Waals surface area contributed by atoms with Crippen LogP contribution in [0.2, 0.25) is 0 Å². The maximum atomic E-state index is 11.3. The third-order valence-corrected chi connectivity index (χ3v) is 3.27. The van der Waals surface area contributed by atoms with Gasteiger partial charge >= 0.3 is 0 Å². The van der Waals surface area contributed by atoms with Crippen LogP contribution >= 0.6 is 0 Å². The molecule has 1 aromatic rings. The van der Waals surface area contributed by atoms with Crippen LogP contribution in [0, 0.1) is 0 Å². The molecule has 0 saturated carbocycles. The Bertz CT molecular complexity index is 429. The van der Waals surface area contributed by atoms with Gasteiger partial charge in [-0.25, -0.2) is 0 Å². The number of benzene rings is 1. The lowest BCUT2D eigenvalue weighted by molar-refractivity contribution is -0.115. The number of amides is 1. The highest BCUT2D eigenvalue weighted by molar-refractivity contribution is 5.99. The smallest absolute Gasteiger partial charge is 0.228 e. The summed E-state index contributed by atoms with van der Waals surface area (Å²) < 4.78 is 0. The van der Waals surface area contributed by atoms with Crippen molar-refractivity contribution in [2.24, 2.45) is 5.73 Å².